The molecule has 3 fully saturated rings. The minimum Gasteiger partial charge on any atom is -0.465 e. The van der Waals surface area contributed by atoms with Gasteiger partial charge in [0.2, 0.25) is 5.91 Å². The predicted molar refractivity (Wildman–Crippen MR) is 64.0 cm³/mol. The van der Waals surface area contributed by atoms with Gasteiger partial charge in [0.25, 0.3) is 0 Å². The molecule has 3 aliphatic heterocycles. The Morgan fingerprint density at radius 1 is 1.35 bits per heavy atom. The highest BCUT2D eigenvalue weighted by atomic mass is 16.5. The first-order valence-corrected chi connectivity index (χ1v) is 6.53. The molecule has 9 nitrogen and oxygen atoms in total. The maximum Gasteiger partial charge on any atom is 0.404 e. The largest absolute Gasteiger partial charge is 0.465 e. The highest BCUT2D eigenvalue weighted by molar-refractivity contribution is 5.90. The Balaban J connectivity index is 1.67. The quantitative estimate of drug-likeness (QED) is 0.574. The number of nitrogens with one attached hydrogen (secondary N) is 1. The van der Waals surface area contributed by atoms with Gasteiger partial charge in [0.15, 0.2) is 0 Å². The van der Waals surface area contributed by atoms with Crippen molar-refractivity contribution in [2.45, 2.75) is 18.5 Å². The lowest BCUT2D eigenvalue weighted by Gasteiger charge is -2.30. The van der Waals surface area contributed by atoms with Crippen LogP contribution in [0.4, 0.5) is 9.59 Å². The second-order valence-corrected chi connectivity index (χ2v) is 5.39. The molecule has 4 amide bonds. The molecule has 0 saturated carbocycles. The third-order valence-electron chi connectivity index (χ3n) is 4.23. The summed E-state index contributed by atoms with van der Waals surface area (Å²) >= 11 is 0. The number of carboxylic acid groups (broad SMARTS) is 1. The maximum absolute atomic E-state index is 12.3. The number of hydrogen-bond acceptors (Lipinski definition) is 4. The van der Waals surface area contributed by atoms with Crippen molar-refractivity contribution in [1.82, 2.24) is 20.2 Å². The molecular weight excluding hydrogens is 268 g/mol. The lowest BCUT2D eigenvalue weighted by atomic mass is 9.91. The third kappa shape index (κ3) is 1.85. The van der Waals surface area contributed by atoms with Crippen molar-refractivity contribution in [3.8, 4) is 0 Å². The van der Waals surface area contributed by atoms with Gasteiger partial charge in [-0.1, -0.05) is 0 Å². The molecule has 3 N–H and O–H groups in total. The molecule has 3 atom stereocenters. The molecule has 0 aromatic carbocycles. The van der Waals surface area contributed by atoms with Crippen LogP contribution in [0.15, 0.2) is 0 Å². The zero-order valence-electron chi connectivity index (χ0n) is 10.7. The van der Waals surface area contributed by atoms with E-state index in [-0.39, 0.29) is 24.4 Å². The zero-order chi connectivity index (χ0) is 14.4. The summed E-state index contributed by atoms with van der Waals surface area (Å²) in [6.07, 6.45) is -0.527. The fourth-order valence-electron chi connectivity index (χ4n) is 3.38. The molecule has 110 valence electrons. The highest BCUT2D eigenvalue weighted by Gasteiger charge is 2.55. The Morgan fingerprint density at radius 2 is 2.10 bits per heavy atom. The third-order valence-corrected chi connectivity index (χ3v) is 4.23. The average Bonchev–Trinajstić information content (AvgIpc) is 2.82. The van der Waals surface area contributed by atoms with Crippen LogP contribution < -0.4 is 5.32 Å². The van der Waals surface area contributed by atoms with E-state index in [1.54, 1.807) is 4.90 Å². The predicted octanol–water partition coefficient (Wildman–Crippen LogP) is -1.02. The van der Waals surface area contributed by atoms with Gasteiger partial charge >= 0.3 is 12.1 Å². The topological polar surface area (TPSA) is 113 Å². The summed E-state index contributed by atoms with van der Waals surface area (Å²) in [4.78, 5) is 37.5. The Labute approximate surface area is 114 Å². The lowest BCUT2D eigenvalue weighted by molar-refractivity contribution is -0.131. The summed E-state index contributed by atoms with van der Waals surface area (Å²) in [6.45, 7) is 1.35. The van der Waals surface area contributed by atoms with Gasteiger partial charge in [0.1, 0.15) is 6.04 Å². The summed E-state index contributed by atoms with van der Waals surface area (Å²) in [5.41, 5.74) is 0. The van der Waals surface area contributed by atoms with Crippen LogP contribution in [-0.2, 0) is 4.79 Å². The molecule has 3 aliphatic rings. The standard InChI is InChI=1S/C11H16N4O5/c16-9-8-6(4-13(9)2-1-12-10(17)18)3-7-5-14(8)11(19)15(7)20/h6-8,12,20H,1-5H2,(H,17,18)/t6-,7+,8-/m0/s1. The monoisotopic (exact) mass is 284 g/mol. The van der Waals surface area contributed by atoms with Gasteiger partial charge in [0.05, 0.1) is 6.04 Å². The van der Waals surface area contributed by atoms with Crippen molar-refractivity contribution in [1.29, 1.82) is 0 Å². The molecular formula is C11H16N4O5. The van der Waals surface area contributed by atoms with E-state index in [0.29, 0.717) is 26.1 Å². The summed E-state index contributed by atoms with van der Waals surface area (Å²) in [5, 5.41) is 21.1. The summed E-state index contributed by atoms with van der Waals surface area (Å²) in [7, 11) is 0. The highest BCUT2D eigenvalue weighted by Crippen LogP contribution is 2.37. The van der Waals surface area contributed by atoms with Crippen molar-refractivity contribution < 1.29 is 24.7 Å². The van der Waals surface area contributed by atoms with E-state index in [2.05, 4.69) is 5.32 Å². The van der Waals surface area contributed by atoms with E-state index in [9.17, 15) is 19.6 Å². The molecule has 20 heavy (non-hydrogen) atoms. The Morgan fingerprint density at radius 3 is 2.80 bits per heavy atom. The number of nitrogens with zero attached hydrogens (tertiary/aromatic N) is 3. The van der Waals surface area contributed by atoms with Crippen molar-refractivity contribution in [2.24, 2.45) is 5.92 Å². The van der Waals surface area contributed by atoms with Gasteiger partial charge in [-0.3, -0.25) is 10.0 Å². The summed E-state index contributed by atoms with van der Waals surface area (Å²) in [5.74, 6) is -0.156. The van der Waals surface area contributed by atoms with Crippen LogP contribution in [-0.4, -0.2) is 81.5 Å². The number of fused-ring (bicyclic) bond motifs is 4. The Kier molecular flexibility index (Phi) is 2.93. The molecule has 0 aromatic rings. The van der Waals surface area contributed by atoms with Crippen LogP contribution in [0.25, 0.3) is 0 Å². The van der Waals surface area contributed by atoms with Gasteiger partial charge in [0, 0.05) is 32.1 Å². The van der Waals surface area contributed by atoms with Crippen LogP contribution in [0, 0.1) is 5.92 Å². The van der Waals surface area contributed by atoms with E-state index in [1.807, 2.05) is 0 Å². The van der Waals surface area contributed by atoms with Gasteiger partial charge < -0.3 is 20.2 Å². The molecule has 0 aliphatic carbocycles. The van der Waals surface area contributed by atoms with E-state index in [4.69, 9.17) is 5.11 Å². The molecule has 0 radical (unpaired) electrons. The molecule has 0 aromatic heterocycles. The van der Waals surface area contributed by atoms with E-state index < -0.39 is 18.2 Å². The first kappa shape index (κ1) is 13.0. The Hall–Kier alpha value is -2.03. The van der Waals surface area contributed by atoms with Crippen LogP contribution >= 0.6 is 0 Å². The number of hydroxylamine groups is 2. The number of carbonyl (C=O) groups excluding carboxylic acids is 2. The molecule has 3 saturated heterocycles. The summed E-state index contributed by atoms with van der Waals surface area (Å²) < 4.78 is 0. The van der Waals surface area contributed by atoms with Crippen LogP contribution in [0.1, 0.15) is 6.42 Å². The second-order valence-electron chi connectivity index (χ2n) is 5.39. The summed E-state index contributed by atoms with van der Waals surface area (Å²) in [6, 6.07) is -1.27. The van der Waals surface area contributed by atoms with E-state index in [0.717, 1.165) is 5.06 Å². The minimum atomic E-state index is -1.12. The van der Waals surface area contributed by atoms with E-state index >= 15 is 0 Å². The normalized spacial score (nSPS) is 31.9. The minimum absolute atomic E-state index is 0.00665. The fourth-order valence-corrected chi connectivity index (χ4v) is 3.38. The first-order valence-electron chi connectivity index (χ1n) is 6.53. The lowest BCUT2D eigenvalue weighted by Crippen LogP contribution is -2.48. The van der Waals surface area contributed by atoms with Gasteiger partial charge in [-0.15, -0.1) is 0 Å². The number of piperidine rings is 1. The molecule has 3 heterocycles. The van der Waals surface area contributed by atoms with Gasteiger partial charge in [-0.2, -0.15) is 0 Å². The second kappa shape index (κ2) is 4.51. The van der Waals surface area contributed by atoms with Crippen LogP contribution in [0.5, 0.6) is 0 Å². The molecule has 9 heteroatoms. The fraction of sp³-hybridized carbons (Fsp3) is 0.727. The van der Waals surface area contributed by atoms with Crippen molar-refractivity contribution in [2.75, 3.05) is 26.2 Å². The number of hydrogen-bond donors (Lipinski definition) is 3. The number of urea groups is 1. The van der Waals surface area contributed by atoms with Gasteiger partial charge in [-0.25, -0.2) is 14.7 Å². The van der Waals surface area contributed by atoms with Crippen LogP contribution in [0.2, 0.25) is 0 Å². The number of carbonyl (C=O) groups is 3. The molecule has 0 spiro atoms. The van der Waals surface area contributed by atoms with E-state index in [1.165, 1.54) is 4.90 Å². The molecule has 0 unspecified atom stereocenters. The number of rotatable bonds is 3. The zero-order valence-corrected chi connectivity index (χ0v) is 10.7. The Bertz CT molecular complexity index is 470. The number of likely N-dealkylation sites (tertiary alicyclic amines) is 1. The average molecular weight is 284 g/mol. The van der Waals surface area contributed by atoms with Crippen molar-refractivity contribution in [3.63, 3.8) is 0 Å². The van der Waals surface area contributed by atoms with Crippen molar-refractivity contribution >= 4 is 18.0 Å². The van der Waals surface area contributed by atoms with Gasteiger partial charge in [-0.05, 0) is 6.42 Å². The molecule has 2 bridgehead atoms. The smallest absolute Gasteiger partial charge is 0.404 e. The molecule has 3 rings (SSSR count). The SMILES string of the molecule is O=C(O)NCCN1C[C@@H]2C[C@@H]3CN(C(=O)N3O)[C@@H]2C1=O. The maximum atomic E-state index is 12.3. The first-order chi connectivity index (χ1) is 9.49. The van der Waals surface area contributed by atoms with Crippen LogP contribution in [0.3, 0.4) is 0 Å². The van der Waals surface area contributed by atoms with Crippen molar-refractivity contribution in [3.05, 3.63) is 0 Å². The number of amides is 4.